The zero-order valence-corrected chi connectivity index (χ0v) is 8.10. The van der Waals surface area contributed by atoms with E-state index in [0.717, 1.165) is 0 Å². The first-order valence-electron chi connectivity index (χ1n) is 4.21. The van der Waals surface area contributed by atoms with Gasteiger partial charge in [0.05, 0.1) is 19.6 Å². The molecule has 0 aromatic rings. The summed E-state index contributed by atoms with van der Waals surface area (Å²) in [6.45, 7) is 0.893. The smallest absolute Gasteiger partial charge is 0.317 e. The molecule has 0 aliphatic carbocycles. The third-order valence-electron chi connectivity index (χ3n) is 1.61. The van der Waals surface area contributed by atoms with Gasteiger partial charge in [-0.1, -0.05) is 0 Å². The van der Waals surface area contributed by atoms with Gasteiger partial charge >= 0.3 is 11.9 Å². The maximum absolute atomic E-state index is 10.4. The number of hydrogen-bond acceptors (Lipinski definition) is 4. The molecule has 0 aromatic heterocycles. The van der Waals surface area contributed by atoms with E-state index in [-0.39, 0.29) is 19.5 Å². The van der Waals surface area contributed by atoms with E-state index in [1.54, 1.807) is 0 Å². The van der Waals surface area contributed by atoms with Crippen LogP contribution in [0.2, 0.25) is 0 Å². The van der Waals surface area contributed by atoms with Gasteiger partial charge in [-0.2, -0.15) is 0 Å². The SMILES string of the molecule is COCCN(CCC(=O)O)CC(=O)O. The standard InChI is InChI=1S/C8H15NO5/c1-14-5-4-9(6-8(12)13)3-2-7(10)11/h2-6H2,1H3,(H,10,11)(H,12,13). The van der Waals surface area contributed by atoms with Gasteiger partial charge in [0.1, 0.15) is 0 Å². The molecule has 0 heterocycles. The Balaban J connectivity index is 3.83. The Morgan fingerprint density at radius 1 is 1.21 bits per heavy atom. The number of aliphatic carboxylic acids is 2. The minimum absolute atomic E-state index is 0.0585. The molecule has 0 bridgehead atoms. The normalized spacial score (nSPS) is 10.4. The summed E-state index contributed by atoms with van der Waals surface area (Å²) in [7, 11) is 1.51. The second-order valence-corrected chi connectivity index (χ2v) is 2.81. The molecule has 0 rings (SSSR count). The molecule has 0 aromatic carbocycles. The van der Waals surface area contributed by atoms with Crippen molar-refractivity contribution in [2.75, 3.05) is 33.4 Å². The largest absolute Gasteiger partial charge is 0.481 e. The first-order chi connectivity index (χ1) is 6.56. The number of carboxylic acid groups (broad SMARTS) is 2. The van der Waals surface area contributed by atoms with Crippen LogP contribution >= 0.6 is 0 Å². The van der Waals surface area contributed by atoms with Crippen LogP contribution in [0, 0.1) is 0 Å². The lowest BCUT2D eigenvalue weighted by Crippen LogP contribution is -2.34. The zero-order chi connectivity index (χ0) is 11.0. The van der Waals surface area contributed by atoms with E-state index in [0.29, 0.717) is 13.2 Å². The van der Waals surface area contributed by atoms with Gasteiger partial charge in [-0.3, -0.25) is 14.5 Å². The maximum Gasteiger partial charge on any atom is 0.317 e. The second-order valence-electron chi connectivity index (χ2n) is 2.81. The average Bonchev–Trinajstić information content (AvgIpc) is 2.09. The molecule has 6 heteroatoms. The highest BCUT2D eigenvalue weighted by molar-refractivity contribution is 5.69. The van der Waals surface area contributed by atoms with E-state index < -0.39 is 11.9 Å². The fourth-order valence-electron chi connectivity index (χ4n) is 0.935. The molecule has 0 saturated heterocycles. The van der Waals surface area contributed by atoms with Crippen molar-refractivity contribution in [2.24, 2.45) is 0 Å². The van der Waals surface area contributed by atoms with Crippen molar-refractivity contribution in [3.05, 3.63) is 0 Å². The lowest BCUT2D eigenvalue weighted by atomic mass is 10.3. The van der Waals surface area contributed by atoms with Crippen molar-refractivity contribution in [2.45, 2.75) is 6.42 Å². The Kier molecular flexibility index (Phi) is 6.69. The Morgan fingerprint density at radius 3 is 2.29 bits per heavy atom. The molecule has 0 spiro atoms. The molecule has 0 unspecified atom stereocenters. The van der Waals surface area contributed by atoms with Crippen LogP contribution in [-0.2, 0) is 14.3 Å². The van der Waals surface area contributed by atoms with Gasteiger partial charge in [-0.15, -0.1) is 0 Å². The van der Waals surface area contributed by atoms with Crippen LogP contribution in [-0.4, -0.2) is 60.4 Å². The highest BCUT2D eigenvalue weighted by Crippen LogP contribution is 1.92. The van der Waals surface area contributed by atoms with E-state index in [4.69, 9.17) is 14.9 Å². The van der Waals surface area contributed by atoms with E-state index >= 15 is 0 Å². The third-order valence-corrected chi connectivity index (χ3v) is 1.61. The first kappa shape index (κ1) is 12.9. The van der Waals surface area contributed by atoms with E-state index in [1.165, 1.54) is 12.0 Å². The number of carboxylic acids is 2. The fraction of sp³-hybridized carbons (Fsp3) is 0.750. The van der Waals surface area contributed by atoms with E-state index in [1.807, 2.05) is 0 Å². The summed E-state index contributed by atoms with van der Waals surface area (Å²) in [5.41, 5.74) is 0. The molecule has 0 aliphatic heterocycles. The lowest BCUT2D eigenvalue weighted by molar-refractivity contribution is -0.141. The van der Waals surface area contributed by atoms with Crippen LogP contribution in [0.25, 0.3) is 0 Å². The molecular formula is C8H15NO5. The number of hydrogen-bond donors (Lipinski definition) is 2. The number of methoxy groups -OCH3 is 1. The molecule has 0 radical (unpaired) electrons. The molecule has 2 N–H and O–H groups in total. The first-order valence-corrected chi connectivity index (χ1v) is 4.21. The van der Waals surface area contributed by atoms with Crippen molar-refractivity contribution in [1.82, 2.24) is 4.90 Å². The number of ether oxygens (including phenoxy) is 1. The highest BCUT2D eigenvalue weighted by atomic mass is 16.5. The highest BCUT2D eigenvalue weighted by Gasteiger charge is 2.10. The minimum Gasteiger partial charge on any atom is -0.481 e. The van der Waals surface area contributed by atoms with Gasteiger partial charge in [-0.25, -0.2) is 0 Å². The fourth-order valence-corrected chi connectivity index (χ4v) is 0.935. The van der Waals surface area contributed by atoms with Gasteiger partial charge in [0, 0.05) is 20.2 Å². The predicted octanol–water partition coefficient (Wildman–Crippen LogP) is -0.506. The molecule has 0 aliphatic rings. The van der Waals surface area contributed by atoms with Crippen LogP contribution in [0.1, 0.15) is 6.42 Å². The molecule has 0 saturated carbocycles. The topological polar surface area (TPSA) is 87.1 Å². The van der Waals surface area contributed by atoms with Crippen molar-refractivity contribution in [3.63, 3.8) is 0 Å². The molecule has 0 amide bonds. The van der Waals surface area contributed by atoms with Crippen LogP contribution in [0.3, 0.4) is 0 Å². The summed E-state index contributed by atoms with van der Waals surface area (Å²) in [6, 6.07) is 0. The summed E-state index contributed by atoms with van der Waals surface area (Å²) in [5, 5.41) is 16.9. The van der Waals surface area contributed by atoms with Crippen LogP contribution in [0.4, 0.5) is 0 Å². The number of carbonyl (C=O) groups is 2. The van der Waals surface area contributed by atoms with Gasteiger partial charge in [0.2, 0.25) is 0 Å². The van der Waals surface area contributed by atoms with E-state index in [9.17, 15) is 9.59 Å². The third kappa shape index (κ3) is 7.51. The molecule has 0 atom stereocenters. The van der Waals surface area contributed by atoms with Crippen molar-refractivity contribution in [1.29, 1.82) is 0 Å². The Morgan fingerprint density at radius 2 is 1.86 bits per heavy atom. The summed E-state index contributed by atoms with van der Waals surface area (Å²) in [4.78, 5) is 22.2. The molecule has 14 heavy (non-hydrogen) atoms. The van der Waals surface area contributed by atoms with Crippen LogP contribution < -0.4 is 0 Å². The van der Waals surface area contributed by atoms with Crippen LogP contribution in [0.5, 0.6) is 0 Å². The summed E-state index contributed by atoms with van der Waals surface area (Å²) >= 11 is 0. The number of nitrogens with zero attached hydrogens (tertiary/aromatic N) is 1. The Labute approximate surface area is 82.1 Å². The van der Waals surface area contributed by atoms with Crippen molar-refractivity contribution < 1.29 is 24.5 Å². The molecule has 0 fully saturated rings. The minimum atomic E-state index is -0.966. The van der Waals surface area contributed by atoms with Gasteiger partial charge < -0.3 is 14.9 Å². The Hall–Kier alpha value is -1.14. The average molecular weight is 205 g/mol. The van der Waals surface area contributed by atoms with Gasteiger partial charge in [0.25, 0.3) is 0 Å². The Bertz CT molecular complexity index is 194. The second kappa shape index (κ2) is 7.28. The summed E-state index contributed by atoms with van der Waals surface area (Å²) in [6.07, 6.45) is -0.0585. The van der Waals surface area contributed by atoms with Crippen LogP contribution in [0.15, 0.2) is 0 Å². The van der Waals surface area contributed by atoms with Gasteiger partial charge in [-0.05, 0) is 0 Å². The quantitative estimate of drug-likeness (QED) is 0.555. The summed E-state index contributed by atoms with van der Waals surface area (Å²) in [5.74, 6) is -1.90. The van der Waals surface area contributed by atoms with E-state index in [2.05, 4.69) is 0 Å². The van der Waals surface area contributed by atoms with Gasteiger partial charge in [0.15, 0.2) is 0 Å². The maximum atomic E-state index is 10.4. The monoisotopic (exact) mass is 205 g/mol. The lowest BCUT2D eigenvalue weighted by Gasteiger charge is -2.18. The predicted molar refractivity (Wildman–Crippen MR) is 48.2 cm³/mol. The number of rotatable bonds is 8. The van der Waals surface area contributed by atoms with Crippen molar-refractivity contribution >= 4 is 11.9 Å². The molecule has 6 nitrogen and oxygen atoms in total. The summed E-state index contributed by atoms with van der Waals surface area (Å²) < 4.78 is 4.78. The molecule has 82 valence electrons. The zero-order valence-electron chi connectivity index (χ0n) is 8.10. The molecular weight excluding hydrogens is 190 g/mol. The van der Waals surface area contributed by atoms with Crippen molar-refractivity contribution in [3.8, 4) is 0 Å².